The van der Waals surface area contributed by atoms with E-state index in [0.717, 1.165) is 4.90 Å². The molecule has 148 valence electrons. The van der Waals surface area contributed by atoms with Gasteiger partial charge in [-0.2, -0.15) is 18.2 Å². The molecule has 1 fully saturated rings. The highest BCUT2D eigenvalue weighted by atomic mass is 19.4. The number of hydrogen-bond acceptors (Lipinski definition) is 6. The maximum absolute atomic E-state index is 13.6. The van der Waals surface area contributed by atoms with Crippen LogP contribution in [0.15, 0.2) is 33.2 Å². The normalized spacial score (nSPS) is 20.1. The Hall–Kier alpha value is -3.04. The molecule has 1 saturated heterocycles. The molecule has 1 amide bonds. The summed E-state index contributed by atoms with van der Waals surface area (Å²) in [6, 6.07) is 5.76. The number of aromatic nitrogens is 2. The van der Waals surface area contributed by atoms with E-state index >= 15 is 0 Å². The van der Waals surface area contributed by atoms with Crippen molar-refractivity contribution in [2.45, 2.75) is 26.1 Å². The Morgan fingerprint density at radius 2 is 2.00 bits per heavy atom. The number of benzene rings is 1. The number of para-hydroxylation sites is 2. The summed E-state index contributed by atoms with van der Waals surface area (Å²) in [4.78, 5) is 17.9. The number of halogens is 3. The molecule has 28 heavy (non-hydrogen) atoms. The first-order chi connectivity index (χ1) is 13.2. The summed E-state index contributed by atoms with van der Waals surface area (Å²) in [5, 5.41) is 6.41. The third kappa shape index (κ3) is 3.19. The van der Waals surface area contributed by atoms with E-state index in [0.29, 0.717) is 22.4 Å². The summed E-state index contributed by atoms with van der Waals surface area (Å²) >= 11 is 0. The molecule has 3 heterocycles. The van der Waals surface area contributed by atoms with Crippen LogP contribution in [0.4, 0.5) is 19.2 Å². The molecule has 2 aromatic heterocycles. The zero-order chi connectivity index (χ0) is 20.1. The summed E-state index contributed by atoms with van der Waals surface area (Å²) in [6.45, 7) is 2.65. The maximum Gasteiger partial charge on any atom is 0.395 e. The minimum Gasteiger partial charge on any atom is -0.424 e. The molecule has 1 aromatic carbocycles. The van der Waals surface area contributed by atoms with Gasteiger partial charge in [-0.05, 0) is 26.0 Å². The van der Waals surface area contributed by atoms with Crippen molar-refractivity contribution in [2.75, 3.05) is 18.4 Å². The first-order valence-electron chi connectivity index (χ1n) is 8.65. The van der Waals surface area contributed by atoms with E-state index in [1.54, 1.807) is 38.1 Å². The van der Waals surface area contributed by atoms with Crippen LogP contribution in [-0.4, -0.2) is 46.3 Å². The van der Waals surface area contributed by atoms with Crippen LogP contribution < -0.4 is 5.32 Å². The molecule has 0 spiro atoms. The molecule has 0 unspecified atom stereocenters. The third-order valence-electron chi connectivity index (χ3n) is 4.98. The minimum atomic E-state index is -4.49. The van der Waals surface area contributed by atoms with Gasteiger partial charge in [0, 0.05) is 18.7 Å². The second kappa shape index (κ2) is 6.54. The van der Waals surface area contributed by atoms with Gasteiger partial charge in [-0.1, -0.05) is 17.3 Å². The van der Waals surface area contributed by atoms with Gasteiger partial charge in [-0.25, -0.2) is 0 Å². The van der Waals surface area contributed by atoms with E-state index in [1.165, 1.54) is 0 Å². The quantitative estimate of drug-likeness (QED) is 0.731. The molecule has 7 nitrogen and oxygen atoms in total. The van der Waals surface area contributed by atoms with Gasteiger partial charge in [0.2, 0.25) is 5.76 Å². The first kappa shape index (κ1) is 18.3. The highest BCUT2D eigenvalue weighted by Crippen LogP contribution is 2.36. The Kier molecular flexibility index (Phi) is 4.28. The van der Waals surface area contributed by atoms with Crippen LogP contribution in [0.5, 0.6) is 0 Å². The number of nitrogens with one attached hydrogen (secondary N) is 1. The van der Waals surface area contributed by atoms with E-state index in [-0.39, 0.29) is 18.3 Å². The number of carbonyl (C=O) groups excluding carboxylic acids is 1. The van der Waals surface area contributed by atoms with Crippen molar-refractivity contribution in [3.63, 3.8) is 0 Å². The minimum absolute atomic E-state index is 0.0126. The number of anilines is 1. The van der Waals surface area contributed by atoms with Crippen LogP contribution >= 0.6 is 0 Å². The van der Waals surface area contributed by atoms with Crippen molar-refractivity contribution in [3.8, 4) is 0 Å². The van der Waals surface area contributed by atoms with Gasteiger partial charge in [0.05, 0.1) is 17.7 Å². The lowest BCUT2D eigenvalue weighted by Crippen LogP contribution is -2.37. The fourth-order valence-corrected chi connectivity index (χ4v) is 3.30. The third-order valence-corrected chi connectivity index (χ3v) is 4.98. The van der Waals surface area contributed by atoms with Gasteiger partial charge >= 0.3 is 6.18 Å². The van der Waals surface area contributed by atoms with E-state index < -0.39 is 30.6 Å². The van der Waals surface area contributed by atoms with Gasteiger partial charge < -0.3 is 19.2 Å². The molecule has 0 radical (unpaired) electrons. The zero-order valence-corrected chi connectivity index (χ0v) is 15.1. The SMILES string of the molecule is Cc1noc(C(=O)N2C[C@@H](C(F)(F)F)[C@H](Nc3nc4ccccc4o3)C2)c1C. The molecule has 1 aliphatic heterocycles. The largest absolute Gasteiger partial charge is 0.424 e. The molecule has 1 N–H and O–H groups in total. The summed E-state index contributed by atoms with van der Waals surface area (Å²) in [6.07, 6.45) is -4.49. The molecule has 1 aliphatic rings. The van der Waals surface area contributed by atoms with E-state index in [2.05, 4.69) is 15.5 Å². The smallest absolute Gasteiger partial charge is 0.395 e. The Labute approximate surface area is 157 Å². The summed E-state index contributed by atoms with van der Waals surface area (Å²) in [7, 11) is 0. The van der Waals surface area contributed by atoms with Gasteiger partial charge in [0.15, 0.2) is 5.58 Å². The monoisotopic (exact) mass is 394 g/mol. The topological polar surface area (TPSA) is 84.4 Å². The van der Waals surface area contributed by atoms with E-state index in [4.69, 9.17) is 8.94 Å². The standard InChI is InChI=1S/C18H17F3N4O3/c1-9-10(2)24-28-15(9)16(26)25-7-11(18(19,20)21)13(8-25)23-17-22-12-5-3-4-6-14(12)27-17/h3-6,11,13H,7-8H2,1-2H3,(H,22,23)/t11-,13-/m1/s1. The predicted molar refractivity (Wildman–Crippen MR) is 92.8 cm³/mol. The fraction of sp³-hybridized carbons (Fsp3) is 0.389. The number of likely N-dealkylation sites (tertiary alicyclic amines) is 1. The highest BCUT2D eigenvalue weighted by molar-refractivity contribution is 5.93. The van der Waals surface area contributed by atoms with Crippen LogP contribution in [0.2, 0.25) is 0 Å². The second-order valence-electron chi connectivity index (χ2n) is 6.82. The lowest BCUT2D eigenvalue weighted by Gasteiger charge is -2.20. The number of alkyl halides is 3. The zero-order valence-electron chi connectivity index (χ0n) is 15.1. The summed E-state index contributed by atoms with van der Waals surface area (Å²) in [5.74, 6) is -2.43. The number of oxazole rings is 1. The summed E-state index contributed by atoms with van der Waals surface area (Å²) in [5.41, 5.74) is 2.04. The lowest BCUT2D eigenvalue weighted by atomic mass is 10.0. The molecule has 3 aromatic rings. The maximum atomic E-state index is 13.6. The molecular formula is C18H17F3N4O3. The Morgan fingerprint density at radius 1 is 1.25 bits per heavy atom. The van der Waals surface area contributed by atoms with Crippen molar-refractivity contribution in [3.05, 3.63) is 41.3 Å². The molecular weight excluding hydrogens is 377 g/mol. The van der Waals surface area contributed by atoms with Crippen LogP contribution in [0, 0.1) is 19.8 Å². The Bertz CT molecular complexity index is 994. The van der Waals surface area contributed by atoms with Crippen molar-refractivity contribution >= 4 is 23.0 Å². The highest BCUT2D eigenvalue weighted by Gasteiger charge is 2.51. The number of rotatable bonds is 3. The number of fused-ring (bicyclic) bond motifs is 1. The molecule has 10 heteroatoms. The van der Waals surface area contributed by atoms with Gasteiger partial charge in [0.1, 0.15) is 5.52 Å². The van der Waals surface area contributed by atoms with Gasteiger partial charge in [-0.15, -0.1) is 0 Å². The first-order valence-corrected chi connectivity index (χ1v) is 8.65. The fourth-order valence-electron chi connectivity index (χ4n) is 3.30. The number of nitrogens with zero attached hydrogens (tertiary/aromatic N) is 3. The van der Waals surface area contributed by atoms with Crippen molar-refractivity contribution in [1.82, 2.24) is 15.0 Å². The van der Waals surface area contributed by atoms with Crippen molar-refractivity contribution in [1.29, 1.82) is 0 Å². The second-order valence-corrected chi connectivity index (χ2v) is 6.82. The van der Waals surface area contributed by atoms with Crippen LogP contribution in [0.3, 0.4) is 0 Å². The van der Waals surface area contributed by atoms with E-state index in [1.807, 2.05) is 0 Å². The van der Waals surface area contributed by atoms with Crippen LogP contribution in [0.25, 0.3) is 11.1 Å². The average molecular weight is 394 g/mol. The molecule has 0 bridgehead atoms. The summed E-state index contributed by atoms with van der Waals surface area (Å²) < 4.78 is 51.2. The van der Waals surface area contributed by atoms with Crippen molar-refractivity contribution < 1.29 is 26.9 Å². The van der Waals surface area contributed by atoms with Gasteiger partial charge in [0.25, 0.3) is 11.9 Å². The molecule has 4 rings (SSSR count). The van der Waals surface area contributed by atoms with Crippen molar-refractivity contribution in [2.24, 2.45) is 5.92 Å². The number of hydrogen-bond donors (Lipinski definition) is 1. The average Bonchev–Trinajstić information content (AvgIpc) is 3.32. The van der Waals surface area contributed by atoms with Crippen LogP contribution in [-0.2, 0) is 0 Å². The number of amides is 1. The molecule has 2 atom stereocenters. The van der Waals surface area contributed by atoms with Crippen LogP contribution in [0.1, 0.15) is 21.8 Å². The van der Waals surface area contributed by atoms with Gasteiger partial charge in [-0.3, -0.25) is 4.79 Å². The lowest BCUT2D eigenvalue weighted by molar-refractivity contribution is -0.171. The number of aryl methyl sites for hydroxylation is 1. The van der Waals surface area contributed by atoms with E-state index in [9.17, 15) is 18.0 Å². The Balaban J connectivity index is 1.58. The molecule has 0 aliphatic carbocycles. The molecule has 0 saturated carbocycles. The number of carbonyl (C=O) groups is 1. The Morgan fingerprint density at radius 3 is 2.64 bits per heavy atom. The predicted octanol–water partition coefficient (Wildman–Crippen LogP) is 3.55.